The molecule has 1 aliphatic rings. The monoisotopic (exact) mass is 389 g/mol. The number of aromatic nitrogens is 1. The lowest BCUT2D eigenvalue weighted by atomic mass is 10.1. The van der Waals surface area contributed by atoms with Crippen molar-refractivity contribution in [2.24, 2.45) is 5.92 Å². The Labute approximate surface area is 169 Å². The van der Waals surface area contributed by atoms with E-state index in [4.69, 9.17) is 4.74 Å². The van der Waals surface area contributed by atoms with Crippen molar-refractivity contribution in [3.63, 3.8) is 0 Å². The van der Waals surface area contributed by atoms with Gasteiger partial charge in [0.15, 0.2) is 0 Å². The number of fused-ring (bicyclic) bond motifs is 1. The molecule has 2 amide bonds. The molecule has 1 aliphatic heterocycles. The predicted molar refractivity (Wildman–Crippen MR) is 113 cm³/mol. The molecule has 0 radical (unpaired) electrons. The van der Waals surface area contributed by atoms with Crippen LogP contribution in [0.5, 0.6) is 5.75 Å². The molecule has 1 fully saturated rings. The summed E-state index contributed by atoms with van der Waals surface area (Å²) in [7, 11) is 0. The zero-order valence-electron chi connectivity index (χ0n) is 16.5. The van der Waals surface area contributed by atoms with Gasteiger partial charge in [-0.3, -0.25) is 14.6 Å². The first-order valence-corrected chi connectivity index (χ1v) is 9.76. The van der Waals surface area contributed by atoms with E-state index in [0.29, 0.717) is 30.3 Å². The highest BCUT2D eigenvalue weighted by molar-refractivity contribution is 6.06. The predicted octanol–water partition coefficient (Wildman–Crippen LogP) is 3.93. The molecule has 2 heterocycles. The van der Waals surface area contributed by atoms with E-state index in [9.17, 15) is 9.59 Å². The third-order valence-corrected chi connectivity index (χ3v) is 5.07. The summed E-state index contributed by atoms with van der Waals surface area (Å²) in [5, 5.41) is 3.94. The molecule has 148 valence electrons. The minimum Gasteiger partial charge on any atom is -0.492 e. The number of para-hydroxylation sites is 3. The Hall–Kier alpha value is -3.41. The van der Waals surface area contributed by atoms with Gasteiger partial charge < -0.3 is 15.0 Å². The first kappa shape index (κ1) is 18.9. The van der Waals surface area contributed by atoms with Crippen molar-refractivity contribution in [3.8, 4) is 5.75 Å². The van der Waals surface area contributed by atoms with Crippen LogP contribution in [0.4, 0.5) is 11.4 Å². The molecule has 29 heavy (non-hydrogen) atoms. The smallest absolute Gasteiger partial charge is 0.229 e. The van der Waals surface area contributed by atoms with Gasteiger partial charge in [-0.15, -0.1) is 0 Å². The number of anilines is 2. The molecule has 1 unspecified atom stereocenters. The van der Waals surface area contributed by atoms with Crippen molar-refractivity contribution in [3.05, 3.63) is 60.3 Å². The van der Waals surface area contributed by atoms with Crippen molar-refractivity contribution in [1.82, 2.24) is 4.98 Å². The Morgan fingerprint density at radius 2 is 2.00 bits per heavy atom. The number of carbonyl (C=O) groups is 2. The largest absolute Gasteiger partial charge is 0.492 e. The van der Waals surface area contributed by atoms with Crippen molar-refractivity contribution in [2.75, 3.05) is 23.4 Å². The number of hydrogen-bond donors (Lipinski definition) is 1. The molecular formula is C23H23N3O3. The number of aryl methyl sites for hydroxylation is 1. The minimum absolute atomic E-state index is 0.0795. The summed E-state index contributed by atoms with van der Waals surface area (Å²) in [6.07, 6.45) is 0.170. The Balaban J connectivity index is 1.54. The SMILES string of the molecule is CCOc1ccccc1N1CC(C(=O)Nc2cccc3ccc(C)nc23)CC1=O. The first-order chi connectivity index (χ1) is 14.1. The van der Waals surface area contributed by atoms with Gasteiger partial charge in [-0.05, 0) is 38.1 Å². The Bertz CT molecular complexity index is 1080. The second kappa shape index (κ2) is 7.91. The highest BCUT2D eigenvalue weighted by Crippen LogP contribution is 2.33. The molecule has 1 aromatic heterocycles. The Morgan fingerprint density at radius 1 is 1.17 bits per heavy atom. The summed E-state index contributed by atoms with van der Waals surface area (Å²) in [6, 6.07) is 17.0. The molecule has 1 N–H and O–H groups in total. The molecule has 0 aliphatic carbocycles. The van der Waals surface area contributed by atoms with Gasteiger partial charge in [-0.1, -0.05) is 30.3 Å². The fourth-order valence-corrected chi connectivity index (χ4v) is 3.65. The normalized spacial score (nSPS) is 16.3. The molecule has 1 saturated heterocycles. The van der Waals surface area contributed by atoms with Gasteiger partial charge in [0.05, 0.1) is 29.4 Å². The van der Waals surface area contributed by atoms with Crippen molar-refractivity contribution >= 4 is 34.1 Å². The molecular weight excluding hydrogens is 366 g/mol. The molecule has 1 atom stereocenters. The van der Waals surface area contributed by atoms with Crippen LogP contribution in [-0.4, -0.2) is 29.9 Å². The molecule has 4 rings (SSSR count). The topological polar surface area (TPSA) is 71.5 Å². The van der Waals surface area contributed by atoms with E-state index in [0.717, 1.165) is 16.6 Å². The fraction of sp³-hybridized carbons (Fsp3) is 0.261. The van der Waals surface area contributed by atoms with Crippen LogP contribution in [0, 0.1) is 12.8 Å². The van der Waals surface area contributed by atoms with Crippen LogP contribution in [0.25, 0.3) is 10.9 Å². The van der Waals surface area contributed by atoms with Gasteiger partial charge in [0.1, 0.15) is 5.75 Å². The number of benzene rings is 2. The van der Waals surface area contributed by atoms with Crippen molar-refractivity contribution in [1.29, 1.82) is 0 Å². The number of hydrogen-bond acceptors (Lipinski definition) is 4. The van der Waals surface area contributed by atoms with Crippen LogP contribution in [0.2, 0.25) is 0 Å². The maximum Gasteiger partial charge on any atom is 0.229 e. The van der Waals surface area contributed by atoms with Crippen LogP contribution < -0.4 is 15.0 Å². The molecule has 3 aromatic rings. The molecule has 6 heteroatoms. The lowest BCUT2D eigenvalue weighted by Crippen LogP contribution is -2.28. The van der Waals surface area contributed by atoms with Gasteiger partial charge in [-0.2, -0.15) is 0 Å². The highest BCUT2D eigenvalue weighted by atomic mass is 16.5. The van der Waals surface area contributed by atoms with Crippen LogP contribution in [0.3, 0.4) is 0 Å². The molecule has 2 aromatic carbocycles. The van der Waals surface area contributed by atoms with E-state index in [1.807, 2.05) is 68.4 Å². The number of rotatable bonds is 5. The number of pyridine rings is 1. The number of nitrogens with zero attached hydrogens (tertiary/aromatic N) is 2. The van der Waals surface area contributed by atoms with E-state index in [1.165, 1.54) is 0 Å². The van der Waals surface area contributed by atoms with Crippen LogP contribution >= 0.6 is 0 Å². The minimum atomic E-state index is -0.433. The van der Waals surface area contributed by atoms with Gasteiger partial charge in [0.25, 0.3) is 0 Å². The standard InChI is InChI=1S/C23H23N3O3/c1-3-29-20-10-5-4-9-19(20)26-14-17(13-21(26)27)23(28)25-18-8-6-7-16-12-11-15(2)24-22(16)18/h4-12,17H,3,13-14H2,1-2H3,(H,25,28). The summed E-state index contributed by atoms with van der Waals surface area (Å²) >= 11 is 0. The Kier molecular flexibility index (Phi) is 5.16. The zero-order valence-corrected chi connectivity index (χ0v) is 16.5. The maximum atomic E-state index is 12.9. The third-order valence-electron chi connectivity index (χ3n) is 5.07. The second-order valence-electron chi connectivity index (χ2n) is 7.13. The van der Waals surface area contributed by atoms with E-state index >= 15 is 0 Å². The molecule has 0 saturated carbocycles. The number of ether oxygens (including phenoxy) is 1. The average molecular weight is 389 g/mol. The number of carbonyl (C=O) groups excluding carboxylic acids is 2. The lowest BCUT2D eigenvalue weighted by molar-refractivity contribution is -0.122. The van der Waals surface area contributed by atoms with Gasteiger partial charge in [-0.25, -0.2) is 0 Å². The van der Waals surface area contributed by atoms with E-state index in [-0.39, 0.29) is 18.2 Å². The van der Waals surface area contributed by atoms with E-state index in [2.05, 4.69) is 10.3 Å². The van der Waals surface area contributed by atoms with Crippen molar-refractivity contribution < 1.29 is 14.3 Å². The number of amides is 2. The fourth-order valence-electron chi connectivity index (χ4n) is 3.65. The molecule has 0 bridgehead atoms. The number of nitrogens with one attached hydrogen (secondary N) is 1. The zero-order chi connectivity index (χ0) is 20.4. The first-order valence-electron chi connectivity index (χ1n) is 9.76. The summed E-state index contributed by atoms with van der Waals surface area (Å²) in [4.78, 5) is 31.8. The van der Waals surface area contributed by atoms with Gasteiger partial charge in [0, 0.05) is 24.0 Å². The maximum absolute atomic E-state index is 12.9. The third kappa shape index (κ3) is 3.78. The molecule has 0 spiro atoms. The van der Waals surface area contributed by atoms with Crippen molar-refractivity contribution in [2.45, 2.75) is 20.3 Å². The summed E-state index contributed by atoms with van der Waals surface area (Å²) < 4.78 is 5.65. The average Bonchev–Trinajstić information content (AvgIpc) is 3.11. The summed E-state index contributed by atoms with van der Waals surface area (Å²) in [6.45, 7) is 4.66. The van der Waals surface area contributed by atoms with E-state index in [1.54, 1.807) is 4.90 Å². The Morgan fingerprint density at radius 3 is 2.83 bits per heavy atom. The lowest BCUT2D eigenvalue weighted by Gasteiger charge is -2.20. The van der Waals surface area contributed by atoms with Gasteiger partial charge >= 0.3 is 0 Å². The van der Waals surface area contributed by atoms with Crippen LogP contribution in [0.15, 0.2) is 54.6 Å². The van der Waals surface area contributed by atoms with E-state index < -0.39 is 5.92 Å². The quantitative estimate of drug-likeness (QED) is 0.718. The highest BCUT2D eigenvalue weighted by Gasteiger charge is 2.36. The summed E-state index contributed by atoms with van der Waals surface area (Å²) in [5.41, 5.74) is 3.01. The van der Waals surface area contributed by atoms with Gasteiger partial charge in [0.2, 0.25) is 11.8 Å². The van der Waals surface area contributed by atoms with Crippen LogP contribution in [-0.2, 0) is 9.59 Å². The molecule has 6 nitrogen and oxygen atoms in total. The summed E-state index contributed by atoms with van der Waals surface area (Å²) in [5.74, 6) is -0.0369. The second-order valence-corrected chi connectivity index (χ2v) is 7.13. The van der Waals surface area contributed by atoms with Crippen LogP contribution in [0.1, 0.15) is 19.0 Å².